The quantitative estimate of drug-likeness (QED) is 0.751. The third-order valence-corrected chi connectivity index (χ3v) is 4.30. The van der Waals surface area contributed by atoms with Crippen LogP contribution in [-0.2, 0) is 9.53 Å². The molecular weight excluding hydrogens is 218 g/mol. The van der Waals surface area contributed by atoms with E-state index in [0.29, 0.717) is 25.0 Å². The second-order valence-corrected chi connectivity index (χ2v) is 5.52. The van der Waals surface area contributed by atoms with Gasteiger partial charge in [0.15, 0.2) is 5.60 Å². The van der Waals surface area contributed by atoms with Gasteiger partial charge in [-0.3, -0.25) is 4.90 Å². The maximum absolute atomic E-state index is 11.7. The van der Waals surface area contributed by atoms with E-state index in [-0.39, 0.29) is 0 Å². The van der Waals surface area contributed by atoms with E-state index in [9.17, 15) is 9.90 Å². The molecule has 98 valence electrons. The van der Waals surface area contributed by atoms with Crippen LogP contribution >= 0.6 is 0 Å². The van der Waals surface area contributed by atoms with Crippen molar-refractivity contribution in [2.45, 2.75) is 51.2 Å². The number of rotatable bonds is 4. The van der Waals surface area contributed by atoms with Gasteiger partial charge in [-0.15, -0.1) is 0 Å². The highest BCUT2D eigenvalue weighted by Crippen LogP contribution is 2.32. The predicted molar refractivity (Wildman–Crippen MR) is 64.6 cm³/mol. The zero-order chi connectivity index (χ0) is 12.5. The maximum atomic E-state index is 11.7. The lowest BCUT2D eigenvalue weighted by molar-refractivity contribution is -0.165. The Morgan fingerprint density at radius 3 is 2.94 bits per heavy atom. The zero-order valence-corrected chi connectivity index (χ0v) is 10.8. The molecule has 0 saturated carbocycles. The highest BCUT2D eigenvalue weighted by atomic mass is 16.5. The van der Waals surface area contributed by atoms with Gasteiger partial charge in [-0.1, -0.05) is 6.92 Å². The maximum Gasteiger partial charge on any atom is 0.337 e. The van der Waals surface area contributed by atoms with Crippen LogP contribution in [-0.4, -0.2) is 47.3 Å². The summed E-state index contributed by atoms with van der Waals surface area (Å²) < 4.78 is 5.27. The van der Waals surface area contributed by atoms with Gasteiger partial charge in [0.2, 0.25) is 0 Å². The number of hydrogen-bond acceptors (Lipinski definition) is 4. The molecule has 2 aliphatic rings. The lowest BCUT2D eigenvalue weighted by Crippen LogP contribution is -2.38. The fourth-order valence-electron chi connectivity index (χ4n) is 2.86. The summed E-state index contributed by atoms with van der Waals surface area (Å²) in [5.74, 6) is -0.00875. The first-order valence-corrected chi connectivity index (χ1v) is 6.68. The van der Waals surface area contributed by atoms with E-state index in [1.54, 1.807) is 6.92 Å². The Kier molecular flexibility index (Phi) is 3.73. The monoisotopic (exact) mass is 241 g/mol. The third kappa shape index (κ3) is 2.63. The van der Waals surface area contributed by atoms with Crippen LogP contribution in [0.3, 0.4) is 0 Å². The molecule has 0 spiro atoms. The van der Waals surface area contributed by atoms with Crippen molar-refractivity contribution in [1.82, 2.24) is 4.90 Å². The van der Waals surface area contributed by atoms with Crippen LogP contribution < -0.4 is 0 Å². The average Bonchev–Trinajstić information content (AvgIpc) is 2.88. The zero-order valence-electron chi connectivity index (χ0n) is 10.8. The minimum atomic E-state index is -1.33. The summed E-state index contributed by atoms with van der Waals surface area (Å²) in [6.07, 6.45) is 4.01. The Hall–Kier alpha value is -0.610. The summed E-state index contributed by atoms with van der Waals surface area (Å²) in [6, 6.07) is 0.606. The Morgan fingerprint density at radius 2 is 2.24 bits per heavy atom. The second-order valence-electron chi connectivity index (χ2n) is 5.52. The molecule has 4 heteroatoms. The van der Waals surface area contributed by atoms with Gasteiger partial charge < -0.3 is 9.84 Å². The van der Waals surface area contributed by atoms with Gasteiger partial charge in [0.25, 0.3) is 0 Å². The fraction of sp³-hybridized carbons (Fsp3) is 0.923. The lowest BCUT2D eigenvalue weighted by Gasteiger charge is -2.23. The Labute approximate surface area is 103 Å². The van der Waals surface area contributed by atoms with E-state index >= 15 is 0 Å². The SMILES string of the molecule is CCC(C)(O)C(=O)OC[C@@H]1CCN2CCC[C@@H]12. The number of aliphatic hydroxyl groups is 1. The Balaban J connectivity index is 1.81. The van der Waals surface area contributed by atoms with Gasteiger partial charge in [0.1, 0.15) is 0 Å². The second kappa shape index (κ2) is 4.94. The first-order valence-electron chi connectivity index (χ1n) is 6.68. The van der Waals surface area contributed by atoms with Gasteiger partial charge in [-0.05, 0) is 45.7 Å². The van der Waals surface area contributed by atoms with Crippen molar-refractivity contribution in [3.63, 3.8) is 0 Å². The molecule has 0 aromatic rings. The largest absolute Gasteiger partial charge is 0.463 e. The van der Waals surface area contributed by atoms with Crippen LogP contribution in [0.4, 0.5) is 0 Å². The number of esters is 1. The molecule has 2 rings (SSSR count). The van der Waals surface area contributed by atoms with Crippen molar-refractivity contribution in [2.24, 2.45) is 5.92 Å². The van der Waals surface area contributed by atoms with Crippen LogP contribution in [0.2, 0.25) is 0 Å². The molecule has 1 N–H and O–H groups in total. The summed E-state index contributed by atoms with van der Waals surface area (Å²) >= 11 is 0. The summed E-state index contributed by atoms with van der Waals surface area (Å²) in [5, 5.41) is 9.77. The summed E-state index contributed by atoms with van der Waals surface area (Å²) in [7, 11) is 0. The van der Waals surface area contributed by atoms with E-state index in [2.05, 4.69) is 4.90 Å². The molecule has 2 saturated heterocycles. The topological polar surface area (TPSA) is 49.8 Å². The van der Waals surface area contributed by atoms with Crippen molar-refractivity contribution >= 4 is 5.97 Å². The van der Waals surface area contributed by atoms with Gasteiger partial charge in [0, 0.05) is 12.0 Å². The van der Waals surface area contributed by atoms with Crippen LogP contribution in [0.15, 0.2) is 0 Å². The molecule has 0 bridgehead atoms. The van der Waals surface area contributed by atoms with E-state index < -0.39 is 11.6 Å². The third-order valence-electron chi connectivity index (χ3n) is 4.30. The van der Waals surface area contributed by atoms with E-state index in [1.807, 2.05) is 0 Å². The van der Waals surface area contributed by atoms with Crippen LogP contribution in [0.1, 0.15) is 39.5 Å². The average molecular weight is 241 g/mol. The standard InChI is InChI=1S/C13H23NO3/c1-3-13(2,16)12(15)17-9-10-6-8-14-7-4-5-11(10)14/h10-11,16H,3-9H2,1-2H3/t10-,11-,13?/m0/s1. The molecule has 3 atom stereocenters. The molecular formula is C13H23NO3. The van der Waals surface area contributed by atoms with Crippen LogP contribution in [0.25, 0.3) is 0 Å². The van der Waals surface area contributed by atoms with Gasteiger partial charge in [0.05, 0.1) is 6.61 Å². The van der Waals surface area contributed by atoms with Gasteiger partial charge >= 0.3 is 5.97 Å². The number of ether oxygens (including phenoxy) is 1. The van der Waals surface area contributed by atoms with E-state index in [0.717, 1.165) is 13.0 Å². The highest BCUT2D eigenvalue weighted by molar-refractivity contribution is 5.78. The van der Waals surface area contributed by atoms with Crippen LogP contribution in [0, 0.1) is 5.92 Å². The number of nitrogens with zero attached hydrogens (tertiary/aromatic N) is 1. The smallest absolute Gasteiger partial charge is 0.337 e. The van der Waals surface area contributed by atoms with Crippen molar-refractivity contribution in [1.29, 1.82) is 0 Å². The fourth-order valence-corrected chi connectivity index (χ4v) is 2.86. The molecule has 0 aliphatic carbocycles. The normalized spacial score (nSPS) is 32.2. The summed E-state index contributed by atoms with van der Waals surface area (Å²) in [6.45, 7) is 6.11. The van der Waals surface area contributed by atoms with Gasteiger partial charge in [-0.2, -0.15) is 0 Å². The molecule has 0 amide bonds. The minimum Gasteiger partial charge on any atom is -0.463 e. The molecule has 0 aromatic carbocycles. The number of hydrogen-bond donors (Lipinski definition) is 1. The molecule has 0 radical (unpaired) electrons. The first kappa shape index (κ1) is 12.8. The molecule has 0 aromatic heterocycles. The van der Waals surface area contributed by atoms with Crippen molar-refractivity contribution in [3.8, 4) is 0 Å². The number of fused-ring (bicyclic) bond motifs is 1. The van der Waals surface area contributed by atoms with Crippen molar-refractivity contribution in [3.05, 3.63) is 0 Å². The van der Waals surface area contributed by atoms with Crippen molar-refractivity contribution < 1.29 is 14.6 Å². The summed E-state index contributed by atoms with van der Waals surface area (Å²) in [4.78, 5) is 14.2. The number of carbonyl (C=O) groups excluding carboxylic acids is 1. The summed E-state index contributed by atoms with van der Waals surface area (Å²) in [5.41, 5.74) is -1.33. The minimum absolute atomic E-state index is 0.395. The molecule has 4 nitrogen and oxygen atoms in total. The molecule has 1 unspecified atom stereocenters. The van der Waals surface area contributed by atoms with Crippen LogP contribution in [0.5, 0.6) is 0 Å². The predicted octanol–water partition coefficient (Wildman–Crippen LogP) is 1.17. The lowest BCUT2D eigenvalue weighted by atomic mass is 9.99. The first-order chi connectivity index (χ1) is 8.04. The van der Waals surface area contributed by atoms with E-state index in [1.165, 1.54) is 26.3 Å². The highest BCUT2D eigenvalue weighted by Gasteiger charge is 2.38. The van der Waals surface area contributed by atoms with Gasteiger partial charge in [-0.25, -0.2) is 4.79 Å². The molecule has 2 heterocycles. The Bertz CT molecular complexity index is 290. The molecule has 17 heavy (non-hydrogen) atoms. The van der Waals surface area contributed by atoms with Crippen molar-refractivity contribution in [2.75, 3.05) is 19.7 Å². The van der Waals surface area contributed by atoms with E-state index in [4.69, 9.17) is 4.74 Å². The number of carbonyl (C=O) groups is 1. The molecule has 2 aliphatic heterocycles. The molecule has 2 fully saturated rings. The Morgan fingerprint density at radius 1 is 1.47 bits per heavy atom.